The Morgan fingerprint density at radius 3 is 2.62 bits per heavy atom. The number of rotatable bonds is 4. The van der Waals surface area contributed by atoms with Crippen LogP contribution in [0.25, 0.3) is 0 Å². The zero-order chi connectivity index (χ0) is 15.4. The van der Waals surface area contributed by atoms with Gasteiger partial charge in [0.1, 0.15) is 18.1 Å². The highest BCUT2D eigenvalue weighted by atomic mass is 16.5. The number of ether oxygens (including phenoxy) is 2. The Labute approximate surface area is 120 Å². The summed E-state index contributed by atoms with van der Waals surface area (Å²) in [5.74, 6) is -0.236. The maximum atomic E-state index is 11.8. The highest BCUT2D eigenvalue weighted by Gasteiger charge is 2.21. The molecule has 0 spiro atoms. The lowest BCUT2D eigenvalue weighted by molar-refractivity contribution is 0.0597. The van der Waals surface area contributed by atoms with E-state index in [4.69, 9.17) is 9.15 Å². The normalized spacial score (nSPS) is 11.8. The molecule has 2 aromatic rings. The van der Waals surface area contributed by atoms with Crippen LogP contribution in [-0.4, -0.2) is 25.3 Å². The van der Waals surface area contributed by atoms with Gasteiger partial charge in [-0.05, 0) is 12.1 Å². The number of methoxy groups -OCH3 is 2. The molecule has 6 heteroatoms. The number of para-hydroxylation sites is 1. The molecule has 1 aromatic carbocycles. The van der Waals surface area contributed by atoms with E-state index in [-0.39, 0.29) is 11.1 Å². The predicted octanol–water partition coefficient (Wildman–Crippen LogP) is 1.52. The van der Waals surface area contributed by atoms with Gasteiger partial charge in [-0.2, -0.15) is 0 Å². The Morgan fingerprint density at radius 1 is 1.24 bits per heavy atom. The third-order valence-electron chi connectivity index (χ3n) is 2.99. The van der Waals surface area contributed by atoms with E-state index in [0.717, 1.165) is 6.26 Å². The van der Waals surface area contributed by atoms with Gasteiger partial charge in [0.2, 0.25) is 0 Å². The van der Waals surface area contributed by atoms with Crippen molar-refractivity contribution in [1.82, 2.24) is 0 Å². The van der Waals surface area contributed by atoms with Crippen LogP contribution in [0.3, 0.4) is 0 Å². The zero-order valence-electron chi connectivity index (χ0n) is 11.5. The van der Waals surface area contributed by atoms with Gasteiger partial charge in [0.05, 0.1) is 25.3 Å². The van der Waals surface area contributed by atoms with E-state index in [1.165, 1.54) is 20.3 Å². The first-order valence-electron chi connectivity index (χ1n) is 6.10. The third kappa shape index (κ3) is 2.95. The van der Waals surface area contributed by atoms with Crippen molar-refractivity contribution in [3.63, 3.8) is 0 Å². The van der Waals surface area contributed by atoms with Gasteiger partial charge in [-0.1, -0.05) is 18.2 Å². The van der Waals surface area contributed by atoms with E-state index in [0.29, 0.717) is 11.3 Å². The Balaban J connectivity index is 2.50. The van der Waals surface area contributed by atoms with E-state index in [2.05, 4.69) is 4.74 Å². The fourth-order valence-electron chi connectivity index (χ4n) is 1.92. The average molecular weight is 290 g/mol. The molecule has 1 unspecified atom stereocenters. The van der Waals surface area contributed by atoms with Crippen molar-refractivity contribution < 1.29 is 23.8 Å². The lowest BCUT2D eigenvalue weighted by Gasteiger charge is -2.14. The molecule has 0 fully saturated rings. The second kappa shape index (κ2) is 6.23. The standard InChI is InChI=1S/C15H14O6/c1-19-12-6-4-3-5-10(12)13(16)11-7-9(14(17)20-2)8-21-15(11)18/h3-8,13,16H,1-2H3. The third-order valence-corrected chi connectivity index (χ3v) is 2.99. The smallest absolute Gasteiger partial charge is 0.341 e. The average Bonchev–Trinajstić information content (AvgIpc) is 2.53. The second-order valence-electron chi connectivity index (χ2n) is 4.21. The van der Waals surface area contributed by atoms with Crippen LogP contribution < -0.4 is 10.4 Å². The highest BCUT2D eigenvalue weighted by molar-refractivity contribution is 5.88. The number of carbonyl (C=O) groups excluding carboxylic acids is 1. The van der Waals surface area contributed by atoms with Crippen LogP contribution in [0.2, 0.25) is 0 Å². The highest BCUT2D eigenvalue weighted by Crippen LogP contribution is 2.28. The number of hydrogen-bond donors (Lipinski definition) is 1. The summed E-state index contributed by atoms with van der Waals surface area (Å²) in [6, 6.07) is 7.96. The zero-order valence-corrected chi connectivity index (χ0v) is 11.5. The number of aliphatic hydroxyl groups excluding tert-OH is 1. The van der Waals surface area contributed by atoms with E-state index in [1.807, 2.05) is 0 Å². The summed E-state index contributed by atoms with van der Waals surface area (Å²) < 4.78 is 14.5. The monoisotopic (exact) mass is 290 g/mol. The lowest BCUT2D eigenvalue weighted by atomic mass is 10.0. The van der Waals surface area contributed by atoms with Crippen LogP contribution >= 0.6 is 0 Å². The van der Waals surface area contributed by atoms with E-state index >= 15 is 0 Å². The number of hydrogen-bond acceptors (Lipinski definition) is 6. The molecule has 0 bridgehead atoms. The fraction of sp³-hybridized carbons (Fsp3) is 0.200. The Kier molecular flexibility index (Phi) is 4.39. The van der Waals surface area contributed by atoms with Crippen molar-refractivity contribution in [3.8, 4) is 5.75 Å². The van der Waals surface area contributed by atoms with Gasteiger partial charge in [-0.25, -0.2) is 9.59 Å². The molecule has 1 N–H and O–H groups in total. The van der Waals surface area contributed by atoms with Gasteiger partial charge < -0.3 is 19.0 Å². The molecule has 0 aliphatic rings. The van der Waals surface area contributed by atoms with Gasteiger partial charge in [0, 0.05) is 5.56 Å². The molecule has 21 heavy (non-hydrogen) atoms. The summed E-state index contributed by atoms with van der Waals surface area (Å²) in [5, 5.41) is 10.4. The summed E-state index contributed by atoms with van der Waals surface area (Å²) in [7, 11) is 2.67. The van der Waals surface area contributed by atoms with Crippen molar-refractivity contribution in [2.45, 2.75) is 6.10 Å². The van der Waals surface area contributed by atoms with E-state index in [9.17, 15) is 14.7 Å². The van der Waals surface area contributed by atoms with Crippen molar-refractivity contribution in [3.05, 3.63) is 63.7 Å². The minimum Gasteiger partial charge on any atom is -0.496 e. The van der Waals surface area contributed by atoms with Crippen LogP contribution in [-0.2, 0) is 4.74 Å². The Morgan fingerprint density at radius 2 is 1.95 bits per heavy atom. The van der Waals surface area contributed by atoms with Crippen molar-refractivity contribution >= 4 is 5.97 Å². The Hall–Kier alpha value is -2.60. The molecule has 0 saturated heterocycles. The number of aliphatic hydroxyl groups is 1. The maximum absolute atomic E-state index is 11.8. The summed E-state index contributed by atoms with van der Waals surface area (Å²) in [4.78, 5) is 23.2. The van der Waals surface area contributed by atoms with E-state index in [1.54, 1.807) is 24.3 Å². The van der Waals surface area contributed by atoms with Crippen LogP contribution in [0.5, 0.6) is 5.75 Å². The van der Waals surface area contributed by atoms with Crippen molar-refractivity contribution in [2.75, 3.05) is 14.2 Å². The Bertz CT molecular complexity index is 703. The molecule has 0 amide bonds. The van der Waals surface area contributed by atoms with Crippen LogP contribution in [0.1, 0.15) is 27.6 Å². The molecule has 1 aromatic heterocycles. The minimum atomic E-state index is -1.28. The minimum absolute atomic E-state index is 0.0426. The molecule has 2 rings (SSSR count). The van der Waals surface area contributed by atoms with Crippen molar-refractivity contribution in [1.29, 1.82) is 0 Å². The topological polar surface area (TPSA) is 86.0 Å². The van der Waals surface area contributed by atoms with Gasteiger partial charge in [-0.15, -0.1) is 0 Å². The number of benzene rings is 1. The van der Waals surface area contributed by atoms with Crippen molar-refractivity contribution in [2.24, 2.45) is 0 Å². The summed E-state index contributed by atoms with van der Waals surface area (Å²) in [5.41, 5.74) is -0.362. The van der Waals surface area contributed by atoms with Gasteiger partial charge in [-0.3, -0.25) is 0 Å². The molecule has 0 aliphatic carbocycles. The molecule has 1 heterocycles. The molecular formula is C15H14O6. The van der Waals surface area contributed by atoms with Crippen LogP contribution in [0.15, 0.2) is 45.8 Å². The number of carbonyl (C=O) groups is 1. The van der Waals surface area contributed by atoms with Gasteiger partial charge >= 0.3 is 11.6 Å². The SMILES string of the molecule is COC(=O)c1coc(=O)c(C(O)c2ccccc2OC)c1. The number of esters is 1. The summed E-state index contributed by atoms with van der Waals surface area (Å²) in [6.07, 6.45) is -0.283. The first kappa shape index (κ1) is 14.8. The fourth-order valence-corrected chi connectivity index (χ4v) is 1.92. The maximum Gasteiger partial charge on any atom is 0.341 e. The molecule has 6 nitrogen and oxygen atoms in total. The van der Waals surface area contributed by atoms with Crippen LogP contribution in [0, 0.1) is 0 Å². The first-order valence-corrected chi connectivity index (χ1v) is 6.10. The molecule has 1 atom stereocenters. The van der Waals surface area contributed by atoms with Crippen LogP contribution in [0.4, 0.5) is 0 Å². The first-order chi connectivity index (χ1) is 10.1. The quantitative estimate of drug-likeness (QED) is 0.859. The molecule has 0 aliphatic heterocycles. The summed E-state index contributed by atoms with van der Waals surface area (Å²) in [6.45, 7) is 0. The second-order valence-corrected chi connectivity index (χ2v) is 4.21. The largest absolute Gasteiger partial charge is 0.496 e. The van der Waals surface area contributed by atoms with Gasteiger partial charge in [0.25, 0.3) is 0 Å². The van der Waals surface area contributed by atoms with E-state index < -0.39 is 17.7 Å². The molecule has 0 radical (unpaired) electrons. The molecule has 110 valence electrons. The molecular weight excluding hydrogens is 276 g/mol. The lowest BCUT2D eigenvalue weighted by Crippen LogP contribution is -2.16. The summed E-state index contributed by atoms with van der Waals surface area (Å²) >= 11 is 0. The molecule has 0 saturated carbocycles. The van der Waals surface area contributed by atoms with Gasteiger partial charge in [0.15, 0.2) is 0 Å². The predicted molar refractivity (Wildman–Crippen MR) is 73.4 cm³/mol.